The molecule has 0 bridgehead atoms. The Balaban J connectivity index is 1.30. The van der Waals surface area contributed by atoms with E-state index in [1.54, 1.807) is 6.92 Å². The van der Waals surface area contributed by atoms with E-state index >= 15 is 0 Å². The fraction of sp³-hybridized carbons (Fsp3) is 0.543. The van der Waals surface area contributed by atoms with Crippen molar-refractivity contribution in [2.24, 2.45) is 5.92 Å². The molecule has 358 valence electrons. The topological polar surface area (TPSA) is 217 Å². The maximum atomic E-state index is 14.5. The highest BCUT2D eigenvalue weighted by molar-refractivity contribution is 7.91. The van der Waals surface area contributed by atoms with Crippen molar-refractivity contribution in [3.05, 3.63) is 126 Å². The van der Waals surface area contributed by atoms with Crippen LogP contribution in [0.5, 0.6) is 0 Å². The van der Waals surface area contributed by atoms with Crippen LogP contribution >= 0.6 is 8.53 Å². The van der Waals surface area contributed by atoms with Crippen LogP contribution in [0.15, 0.2) is 98.3 Å². The molecule has 2 aliphatic rings. The molecule has 2 unspecified atom stereocenters. The van der Waals surface area contributed by atoms with Crippen molar-refractivity contribution in [3.63, 3.8) is 0 Å². The van der Waals surface area contributed by atoms with Crippen LogP contribution in [0.1, 0.15) is 92.2 Å². The number of aryl methyl sites for hydroxylation is 1. The molecular weight excluding hydrogens is 904 g/mol. The van der Waals surface area contributed by atoms with Gasteiger partial charge in [0.05, 0.1) is 55.5 Å². The van der Waals surface area contributed by atoms with E-state index in [1.807, 2.05) is 64.1 Å². The van der Waals surface area contributed by atoms with Gasteiger partial charge in [0.2, 0.25) is 0 Å². The normalized spacial score (nSPS) is 22.0. The van der Waals surface area contributed by atoms with E-state index in [-0.39, 0.29) is 67.5 Å². The average Bonchev–Trinajstić information content (AvgIpc) is 3.84. The Morgan fingerprint density at radius 1 is 0.879 bits per heavy atom. The van der Waals surface area contributed by atoms with E-state index in [4.69, 9.17) is 22.9 Å². The Bertz CT molecular complexity index is 2600. The van der Waals surface area contributed by atoms with Crippen LogP contribution in [0, 0.1) is 24.2 Å². The summed E-state index contributed by atoms with van der Waals surface area (Å²) in [5.41, 5.74) is -2.15. The number of hydrogen-bond donors (Lipinski definition) is 2. The standard InChI is InChI=1S/C46H63N6O11PSSi/c1-31(2)52(32(3)4)64(59-24-15-22-47)63-38-27-42(50-23-20-40(53)48-44(50)55)61-37(38)21-25-65(57,58)30-34-26-41(51-28-33(5)43(54)49-45(51)56)62-39(34)29-60-66(46(6,7)8,35-16-11-9-12-17-35)36-18-13-10-14-19-36/h9-14,16-20,23,28,31-32,34,37-39,41-42H,15,21,24-27,29-30H2,1-8H3,(H,48,53,55)(H,49,54,56)/t34-,37-,38?,39-,41-,42-,64?/m1/s1. The van der Waals surface area contributed by atoms with Crippen LogP contribution in [-0.4, -0.2) is 95.6 Å². The molecule has 0 amide bonds. The summed E-state index contributed by atoms with van der Waals surface area (Å²) < 4.78 is 66.8. The number of sulfone groups is 1. The second-order valence-electron chi connectivity index (χ2n) is 18.6. The summed E-state index contributed by atoms with van der Waals surface area (Å²) in [4.78, 5) is 55.1. The number of ether oxygens (including phenoxy) is 2. The number of rotatable bonds is 20. The zero-order valence-corrected chi connectivity index (χ0v) is 41.6. The lowest BCUT2D eigenvalue weighted by Gasteiger charge is -2.43. The summed E-state index contributed by atoms with van der Waals surface area (Å²) >= 11 is 0. The third-order valence-electron chi connectivity index (χ3n) is 12.1. The van der Waals surface area contributed by atoms with Gasteiger partial charge in [-0.15, -0.1) is 0 Å². The second kappa shape index (κ2) is 21.7. The van der Waals surface area contributed by atoms with Gasteiger partial charge in [0, 0.05) is 48.4 Å². The highest BCUT2D eigenvalue weighted by atomic mass is 32.2. The van der Waals surface area contributed by atoms with Gasteiger partial charge in [0.25, 0.3) is 28.0 Å². The van der Waals surface area contributed by atoms with Gasteiger partial charge in [-0.2, -0.15) is 5.26 Å². The number of hydrogen-bond acceptors (Lipinski definition) is 13. The summed E-state index contributed by atoms with van der Waals surface area (Å²) in [6.45, 7) is 16.2. The van der Waals surface area contributed by atoms with Gasteiger partial charge in [-0.3, -0.25) is 28.7 Å². The minimum Gasteiger partial charge on any atom is -0.405 e. The zero-order chi connectivity index (χ0) is 48.0. The minimum atomic E-state index is -3.90. The lowest BCUT2D eigenvalue weighted by atomic mass is 10.0. The van der Waals surface area contributed by atoms with E-state index in [2.05, 4.69) is 65.7 Å². The maximum absolute atomic E-state index is 14.5. The molecule has 2 aliphatic heterocycles. The lowest BCUT2D eigenvalue weighted by molar-refractivity contribution is -0.0280. The van der Waals surface area contributed by atoms with E-state index < -0.39 is 85.9 Å². The Morgan fingerprint density at radius 3 is 2.05 bits per heavy atom. The molecule has 17 nitrogen and oxygen atoms in total. The van der Waals surface area contributed by atoms with Gasteiger partial charge in [-0.05, 0) is 62.9 Å². The van der Waals surface area contributed by atoms with Gasteiger partial charge >= 0.3 is 11.4 Å². The largest absolute Gasteiger partial charge is 0.405 e. The zero-order valence-electron chi connectivity index (χ0n) is 38.9. The number of nitriles is 1. The third kappa shape index (κ3) is 11.8. The number of nitrogens with zero attached hydrogens (tertiary/aromatic N) is 4. The molecule has 4 heterocycles. The van der Waals surface area contributed by atoms with E-state index in [9.17, 15) is 32.9 Å². The maximum Gasteiger partial charge on any atom is 0.330 e. The van der Waals surface area contributed by atoms with Gasteiger partial charge in [0.15, 0.2) is 9.84 Å². The van der Waals surface area contributed by atoms with Crippen molar-refractivity contribution < 1.29 is 31.4 Å². The highest BCUT2D eigenvalue weighted by Gasteiger charge is 2.52. The predicted octanol–water partition coefficient (Wildman–Crippen LogP) is 4.63. The molecule has 2 aromatic carbocycles. The Hall–Kier alpha value is -4.35. The van der Waals surface area contributed by atoms with Crippen molar-refractivity contribution in [2.45, 2.75) is 129 Å². The first-order valence-electron chi connectivity index (χ1n) is 22.4. The molecule has 2 aromatic heterocycles. The molecule has 0 aliphatic carbocycles. The molecule has 0 radical (unpaired) electrons. The van der Waals surface area contributed by atoms with Crippen LogP contribution in [-0.2, 0) is 32.8 Å². The molecule has 66 heavy (non-hydrogen) atoms. The molecule has 6 rings (SSSR count). The fourth-order valence-electron chi connectivity index (χ4n) is 9.09. The molecule has 2 saturated heterocycles. The summed E-state index contributed by atoms with van der Waals surface area (Å²) in [6, 6.07) is 23.4. The molecule has 2 N–H and O–H groups in total. The Morgan fingerprint density at radius 2 is 1.47 bits per heavy atom. The number of aromatic amines is 2. The SMILES string of the molecule is Cc1cn([C@H]2C[C@H](CS(=O)(=O)CC[C@H]3O[C@@H](n4ccc(=O)[nH]c4=O)CC3OP(OCCC#N)N(C(C)C)C(C)C)[C@@H](CO[Si](c3ccccc3)(c3ccccc3)C(C)(C)C)O2)c(=O)[nH]c1=O. The van der Waals surface area contributed by atoms with Crippen LogP contribution in [0.25, 0.3) is 0 Å². The quantitative estimate of drug-likeness (QED) is 0.0703. The molecule has 0 saturated carbocycles. The molecule has 4 aromatic rings. The van der Waals surface area contributed by atoms with Gasteiger partial charge in [0.1, 0.15) is 12.5 Å². The minimum absolute atomic E-state index is 0.00879. The first-order valence-corrected chi connectivity index (χ1v) is 27.3. The smallest absolute Gasteiger partial charge is 0.330 e. The lowest BCUT2D eigenvalue weighted by Crippen LogP contribution is -2.67. The van der Waals surface area contributed by atoms with Crippen molar-refractivity contribution in [2.75, 3.05) is 24.7 Å². The number of H-pyrrole nitrogens is 2. The molecular formula is C46H63N6O11PSSi. The molecule has 0 spiro atoms. The Kier molecular flexibility index (Phi) is 16.8. The van der Waals surface area contributed by atoms with E-state index in [1.165, 1.54) is 27.6 Å². The first-order chi connectivity index (χ1) is 31.2. The number of aromatic nitrogens is 4. The second-order valence-corrected chi connectivity index (χ2v) is 26.5. The molecule has 7 atom stereocenters. The van der Waals surface area contributed by atoms with Gasteiger partial charge in [-0.25, -0.2) is 22.7 Å². The van der Waals surface area contributed by atoms with Crippen molar-refractivity contribution in [1.82, 2.24) is 23.8 Å². The van der Waals surface area contributed by atoms with Crippen LogP contribution in [0.2, 0.25) is 5.04 Å². The van der Waals surface area contributed by atoms with Crippen molar-refractivity contribution in [3.8, 4) is 6.07 Å². The van der Waals surface area contributed by atoms with E-state index in [0.29, 0.717) is 5.56 Å². The monoisotopic (exact) mass is 966 g/mol. The van der Waals surface area contributed by atoms with Gasteiger partial charge in [-0.1, -0.05) is 81.4 Å². The highest BCUT2D eigenvalue weighted by Crippen LogP contribution is 2.50. The van der Waals surface area contributed by atoms with Crippen LogP contribution < -0.4 is 32.9 Å². The van der Waals surface area contributed by atoms with E-state index in [0.717, 1.165) is 10.4 Å². The summed E-state index contributed by atoms with van der Waals surface area (Å²) in [5.74, 6) is -1.26. The number of nitrogens with one attached hydrogen (secondary N) is 2. The van der Waals surface area contributed by atoms with Crippen LogP contribution in [0.4, 0.5) is 0 Å². The molecule has 20 heteroatoms. The predicted molar refractivity (Wildman–Crippen MR) is 255 cm³/mol. The first kappa shape index (κ1) is 51.0. The third-order valence-corrected chi connectivity index (χ3v) is 21.1. The molecule has 2 fully saturated rings. The Labute approximate surface area is 388 Å². The van der Waals surface area contributed by atoms with Crippen LogP contribution in [0.3, 0.4) is 0 Å². The average molecular weight is 967 g/mol. The summed E-state index contributed by atoms with van der Waals surface area (Å²) in [5, 5.41) is 11.0. The van der Waals surface area contributed by atoms with Crippen molar-refractivity contribution >= 4 is 37.1 Å². The van der Waals surface area contributed by atoms with Gasteiger partial charge < -0.3 is 22.9 Å². The fourth-order valence-corrected chi connectivity index (χ4v) is 17.2. The van der Waals surface area contributed by atoms with Crippen molar-refractivity contribution in [1.29, 1.82) is 5.26 Å². The number of benzene rings is 2. The summed E-state index contributed by atoms with van der Waals surface area (Å²) in [7, 11) is -8.78. The summed E-state index contributed by atoms with van der Waals surface area (Å²) in [6.07, 6.45) is -0.916.